The maximum absolute atomic E-state index is 5.94. The van der Waals surface area contributed by atoms with Gasteiger partial charge in [0.15, 0.2) is 0 Å². The third kappa shape index (κ3) is 4.38. The second-order valence-corrected chi connectivity index (χ2v) is 5.93. The summed E-state index contributed by atoms with van der Waals surface area (Å²) >= 11 is 3.61. The molecule has 0 fully saturated rings. The maximum Gasteiger partial charge on any atom is 0.0245 e. The van der Waals surface area contributed by atoms with E-state index in [1.807, 2.05) is 6.07 Å². The van der Waals surface area contributed by atoms with Crippen LogP contribution in [0.3, 0.4) is 0 Å². The molecule has 0 aliphatic rings. The summed E-state index contributed by atoms with van der Waals surface area (Å²) in [6.07, 6.45) is 2.46. The van der Waals surface area contributed by atoms with Crippen LogP contribution in [0.2, 0.25) is 0 Å². The number of likely N-dealkylation sites (N-methyl/N-ethyl adjacent to an activating group) is 1. The molecule has 3 heteroatoms. The molecule has 1 rings (SSSR count). The van der Waals surface area contributed by atoms with Crippen molar-refractivity contribution in [1.29, 1.82) is 0 Å². The molecule has 2 N–H and O–H groups in total. The molecule has 1 aromatic carbocycles. The van der Waals surface area contributed by atoms with Gasteiger partial charge in [-0.1, -0.05) is 54.4 Å². The van der Waals surface area contributed by atoms with Crippen LogP contribution in [-0.4, -0.2) is 24.5 Å². The van der Waals surface area contributed by atoms with Crippen molar-refractivity contribution in [2.24, 2.45) is 11.7 Å². The fourth-order valence-electron chi connectivity index (χ4n) is 2.51. The molecular formula is C15H25BrN2. The van der Waals surface area contributed by atoms with Crippen molar-refractivity contribution < 1.29 is 0 Å². The minimum absolute atomic E-state index is 0.456. The van der Waals surface area contributed by atoms with Gasteiger partial charge in [-0.05, 0) is 31.0 Å². The van der Waals surface area contributed by atoms with Crippen LogP contribution < -0.4 is 5.73 Å². The molecule has 0 aliphatic heterocycles. The van der Waals surface area contributed by atoms with Gasteiger partial charge in [0.05, 0.1) is 0 Å². The average molecular weight is 313 g/mol. The lowest BCUT2D eigenvalue weighted by atomic mass is 9.95. The Morgan fingerprint density at radius 3 is 2.56 bits per heavy atom. The molecule has 0 heterocycles. The van der Waals surface area contributed by atoms with Crippen LogP contribution in [0.4, 0.5) is 0 Å². The summed E-state index contributed by atoms with van der Waals surface area (Å²) < 4.78 is 1.18. The molecule has 102 valence electrons. The van der Waals surface area contributed by atoms with Crippen LogP contribution in [0.25, 0.3) is 0 Å². The van der Waals surface area contributed by atoms with E-state index in [9.17, 15) is 0 Å². The van der Waals surface area contributed by atoms with E-state index in [-0.39, 0.29) is 0 Å². The number of hydrogen-bond donors (Lipinski definition) is 1. The lowest BCUT2D eigenvalue weighted by Crippen LogP contribution is -2.42. The van der Waals surface area contributed by atoms with E-state index in [2.05, 4.69) is 59.9 Å². The van der Waals surface area contributed by atoms with Gasteiger partial charge in [-0.3, -0.25) is 4.90 Å². The molecule has 2 atom stereocenters. The number of rotatable bonds is 7. The number of nitrogens with zero attached hydrogens (tertiary/aromatic N) is 1. The van der Waals surface area contributed by atoms with Gasteiger partial charge >= 0.3 is 0 Å². The quantitative estimate of drug-likeness (QED) is 0.832. The fourth-order valence-corrected chi connectivity index (χ4v) is 2.92. The van der Waals surface area contributed by atoms with E-state index >= 15 is 0 Å². The minimum Gasteiger partial charge on any atom is -0.329 e. The largest absolute Gasteiger partial charge is 0.329 e. The van der Waals surface area contributed by atoms with Gasteiger partial charge in [-0.25, -0.2) is 0 Å². The smallest absolute Gasteiger partial charge is 0.0245 e. The predicted molar refractivity (Wildman–Crippen MR) is 82.5 cm³/mol. The molecule has 2 unspecified atom stereocenters. The summed E-state index contributed by atoms with van der Waals surface area (Å²) in [6.45, 7) is 6.20. The molecule has 0 radical (unpaired) electrons. The van der Waals surface area contributed by atoms with Gasteiger partial charge in [0.25, 0.3) is 0 Å². The van der Waals surface area contributed by atoms with Crippen molar-refractivity contribution in [2.45, 2.75) is 39.3 Å². The summed E-state index contributed by atoms with van der Waals surface area (Å²) in [5, 5.41) is 0. The normalized spacial score (nSPS) is 14.8. The zero-order chi connectivity index (χ0) is 13.5. The molecule has 0 aromatic heterocycles. The Balaban J connectivity index is 2.68. The Morgan fingerprint density at radius 1 is 1.33 bits per heavy atom. The van der Waals surface area contributed by atoms with Crippen molar-refractivity contribution in [3.05, 3.63) is 34.3 Å². The second-order valence-electron chi connectivity index (χ2n) is 5.08. The van der Waals surface area contributed by atoms with Crippen LogP contribution in [0.5, 0.6) is 0 Å². The van der Waals surface area contributed by atoms with Crippen LogP contribution >= 0.6 is 15.9 Å². The second kappa shape index (κ2) is 7.93. The molecular weight excluding hydrogens is 288 g/mol. The lowest BCUT2D eigenvalue weighted by Gasteiger charge is -2.32. The molecule has 0 spiro atoms. The molecule has 18 heavy (non-hydrogen) atoms. The maximum atomic E-state index is 5.94. The molecule has 0 bridgehead atoms. The summed E-state index contributed by atoms with van der Waals surface area (Å²) in [5.41, 5.74) is 7.26. The highest BCUT2D eigenvalue weighted by Crippen LogP contribution is 2.21. The van der Waals surface area contributed by atoms with E-state index in [1.54, 1.807) is 0 Å². The third-order valence-electron chi connectivity index (χ3n) is 3.59. The summed E-state index contributed by atoms with van der Waals surface area (Å²) in [7, 11) is 2.17. The highest BCUT2D eigenvalue weighted by molar-refractivity contribution is 9.10. The van der Waals surface area contributed by atoms with Crippen LogP contribution in [0, 0.1) is 5.92 Å². The van der Waals surface area contributed by atoms with Crippen LogP contribution in [0.1, 0.15) is 32.3 Å². The standard InChI is InChI=1S/C15H25BrN2/c1-4-7-12(2)15(10-17)18(3)11-13-8-5-6-9-14(13)16/h5-6,8-9,12,15H,4,7,10-11,17H2,1-3H3. The summed E-state index contributed by atoms with van der Waals surface area (Å²) in [6, 6.07) is 8.85. The number of nitrogens with two attached hydrogens (primary N) is 1. The number of halogens is 1. The monoisotopic (exact) mass is 312 g/mol. The fraction of sp³-hybridized carbons (Fsp3) is 0.600. The first-order valence-corrected chi connectivity index (χ1v) is 7.53. The molecule has 2 nitrogen and oxygen atoms in total. The Labute approximate surface area is 120 Å². The Bertz CT molecular complexity index is 354. The van der Waals surface area contributed by atoms with E-state index in [0.717, 1.165) is 13.1 Å². The highest BCUT2D eigenvalue weighted by atomic mass is 79.9. The molecule has 0 saturated carbocycles. The van der Waals surface area contributed by atoms with Gasteiger partial charge < -0.3 is 5.73 Å². The van der Waals surface area contributed by atoms with E-state index in [4.69, 9.17) is 5.73 Å². The van der Waals surface area contributed by atoms with Crippen LogP contribution in [0.15, 0.2) is 28.7 Å². The Morgan fingerprint density at radius 2 is 2.00 bits per heavy atom. The first-order chi connectivity index (χ1) is 8.60. The van der Waals surface area contributed by atoms with Crippen LogP contribution in [-0.2, 0) is 6.54 Å². The van der Waals surface area contributed by atoms with Crippen molar-refractivity contribution in [3.8, 4) is 0 Å². The molecule has 0 aliphatic carbocycles. The number of hydrogen-bond acceptors (Lipinski definition) is 2. The molecule has 0 saturated heterocycles. The summed E-state index contributed by atoms with van der Waals surface area (Å²) in [5.74, 6) is 0.646. The first kappa shape index (κ1) is 15.7. The third-order valence-corrected chi connectivity index (χ3v) is 4.36. The van der Waals surface area contributed by atoms with E-state index < -0.39 is 0 Å². The Hall–Kier alpha value is -0.380. The zero-order valence-electron chi connectivity index (χ0n) is 11.7. The van der Waals surface area contributed by atoms with Crippen molar-refractivity contribution in [3.63, 3.8) is 0 Å². The topological polar surface area (TPSA) is 29.3 Å². The lowest BCUT2D eigenvalue weighted by molar-refractivity contribution is 0.174. The van der Waals surface area contributed by atoms with Crippen molar-refractivity contribution in [1.82, 2.24) is 4.90 Å². The van der Waals surface area contributed by atoms with E-state index in [1.165, 1.54) is 22.9 Å². The Kier molecular flexibility index (Phi) is 6.90. The minimum atomic E-state index is 0.456. The highest BCUT2D eigenvalue weighted by Gasteiger charge is 2.20. The van der Waals surface area contributed by atoms with Crippen molar-refractivity contribution in [2.75, 3.05) is 13.6 Å². The van der Waals surface area contributed by atoms with Gasteiger partial charge in [-0.2, -0.15) is 0 Å². The van der Waals surface area contributed by atoms with Gasteiger partial charge in [-0.15, -0.1) is 0 Å². The van der Waals surface area contributed by atoms with Gasteiger partial charge in [0.1, 0.15) is 0 Å². The van der Waals surface area contributed by atoms with Gasteiger partial charge in [0.2, 0.25) is 0 Å². The summed E-state index contributed by atoms with van der Waals surface area (Å²) in [4.78, 5) is 2.38. The predicted octanol–water partition coefficient (Wildman–Crippen LogP) is 3.64. The van der Waals surface area contributed by atoms with Gasteiger partial charge in [0, 0.05) is 23.6 Å². The van der Waals surface area contributed by atoms with E-state index in [0.29, 0.717) is 12.0 Å². The molecule has 0 amide bonds. The first-order valence-electron chi connectivity index (χ1n) is 6.73. The number of benzene rings is 1. The SMILES string of the molecule is CCCC(C)C(CN)N(C)Cc1ccccc1Br. The average Bonchev–Trinajstić information content (AvgIpc) is 2.33. The zero-order valence-corrected chi connectivity index (χ0v) is 13.3. The van der Waals surface area contributed by atoms with Crippen molar-refractivity contribution >= 4 is 15.9 Å². The molecule has 1 aromatic rings.